The summed E-state index contributed by atoms with van der Waals surface area (Å²) in [6.45, 7) is 6.07. The standard InChI is InChI=1S/C17H22ClN3O2/c1-17(2,3)9-15(22)19-13-10-21(4)20-16(13)12-8-11(18)6-7-14(12)23-5/h6-8,10H,9H2,1-5H3,(H,19,22). The van der Waals surface area contributed by atoms with Gasteiger partial charge in [0.05, 0.1) is 12.8 Å². The number of aromatic nitrogens is 2. The number of nitrogens with zero attached hydrogens (tertiary/aromatic N) is 2. The molecule has 1 amide bonds. The zero-order chi connectivity index (χ0) is 17.2. The second kappa shape index (κ2) is 6.62. The van der Waals surface area contributed by atoms with Crippen LogP contribution in [0.1, 0.15) is 27.2 Å². The van der Waals surface area contributed by atoms with Gasteiger partial charge in [-0.1, -0.05) is 32.4 Å². The van der Waals surface area contributed by atoms with E-state index in [0.29, 0.717) is 28.6 Å². The molecule has 0 saturated heterocycles. The first-order valence-corrected chi connectivity index (χ1v) is 7.75. The minimum atomic E-state index is -0.0831. The number of ether oxygens (including phenoxy) is 1. The molecule has 1 heterocycles. The van der Waals surface area contributed by atoms with Gasteiger partial charge in [0.15, 0.2) is 0 Å². The quantitative estimate of drug-likeness (QED) is 0.914. The maximum Gasteiger partial charge on any atom is 0.224 e. The molecule has 23 heavy (non-hydrogen) atoms. The third-order valence-electron chi connectivity index (χ3n) is 3.21. The van der Waals surface area contributed by atoms with Gasteiger partial charge >= 0.3 is 0 Å². The Hall–Kier alpha value is -2.01. The van der Waals surface area contributed by atoms with Crippen LogP contribution in [-0.2, 0) is 11.8 Å². The smallest absolute Gasteiger partial charge is 0.224 e. The molecule has 0 unspecified atom stereocenters. The number of nitrogens with one attached hydrogen (secondary N) is 1. The van der Waals surface area contributed by atoms with Gasteiger partial charge in [-0.2, -0.15) is 5.10 Å². The molecule has 1 N–H and O–H groups in total. The predicted octanol–water partition coefficient (Wildman–Crippen LogP) is 4.12. The lowest BCUT2D eigenvalue weighted by Crippen LogP contribution is -2.19. The van der Waals surface area contributed by atoms with E-state index in [9.17, 15) is 4.79 Å². The summed E-state index contributed by atoms with van der Waals surface area (Å²) in [7, 11) is 3.40. The summed E-state index contributed by atoms with van der Waals surface area (Å²) in [5.74, 6) is 0.604. The predicted molar refractivity (Wildman–Crippen MR) is 92.9 cm³/mol. The van der Waals surface area contributed by atoms with Gasteiger partial charge in [0.2, 0.25) is 5.91 Å². The van der Waals surface area contributed by atoms with E-state index in [1.54, 1.807) is 43.2 Å². The van der Waals surface area contributed by atoms with Crippen molar-refractivity contribution in [2.24, 2.45) is 12.5 Å². The highest BCUT2D eigenvalue weighted by Gasteiger charge is 2.20. The van der Waals surface area contributed by atoms with Gasteiger partial charge in [-0.3, -0.25) is 9.48 Å². The molecule has 0 aliphatic rings. The number of anilines is 1. The highest BCUT2D eigenvalue weighted by Crippen LogP contribution is 2.36. The lowest BCUT2D eigenvalue weighted by Gasteiger charge is -2.17. The van der Waals surface area contributed by atoms with Crippen LogP contribution in [-0.4, -0.2) is 22.8 Å². The van der Waals surface area contributed by atoms with Gasteiger partial charge < -0.3 is 10.1 Å². The van der Waals surface area contributed by atoms with Crippen LogP contribution < -0.4 is 10.1 Å². The third-order valence-corrected chi connectivity index (χ3v) is 3.45. The first-order chi connectivity index (χ1) is 10.7. The summed E-state index contributed by atoms with van der Waals surface area (Å²) in [4.78, 5) is 12.2. The maximum atomic E-state index is 12.2. The van der Waals surface area contributed by atoms with Crippen molar-refractivity contribution in [3.63, 3.8) is 0 Å². The molecule has 124 valence electrons. The van der Waals surface area contributed by atoms with Crippen molar-refractivity contribution in [1.82, 2.24) is 9.78 Å². The number of hydrogen-bond acceptors (Lipinski definition) is 3. The van der Waals surface area contributed by atoms with Crippen molar-refractivity contribution in [3.8, 4) is 17.0 Å². The van der Waals surface area contributed by atoms with E-state index in [-0.39, 0.29) is 11.3 Å². The van der Waals surface area contributed by atoms with Crippen LogP contribution in [0.4, 0.5) is 5.69 Å². The monoisotopic (exact) mass is 335 g/mol. The zero-order valence-electron chi connectivity index (χ0n) is 14.1. The molecule has 0 bridgehead atoms. The molecular formula is C17H22ClN3O2. The molecule has 0 radical (unpaired) electrons. The fourth-order valence-corrected chi connectivity index (χ4v) is 2.49. The van der Waals surface area contributed by atoms with Crippen LogP contribution in [0.3, 0.4) is 0 Å². The lowest BCUT2D eigenvalue weighted by molar-refractivity contribution is -0.117. The van der Waals surface area contributed by atoms with E-state index < -0.39 is 0 Å². The van der Waals surface area contributed by atoms with Gasteiger partial charge in [-0.05, 0) is 23.6 Å². The minimum Gasteiger partial charge on any atom is -0.496 e. The van der Waals surface area contributed by atoms with E-state index in [4.69, 9.17) is 16.3 Å². The van der Waals surface area contributed by atoms with Gasteiger partial charge in [0.1, 0.15) is 11.4 Å². The second-order valence-corrected chi connectivity index (χ2v) is 7.13. The van der Waals surface area contributed by atoms with Crippen LogP contribution in [0, 0.1) is 5.41 Å². The molecule has 0 atom stereocenters. The molecule has 2 rings (SSSR count). The molecular weight excluding hydrogens is 314 g/mol. The fraction of sp³-hybridized carbons (Fsp3) is 0.412. The molecule has 5 nitrogen and oxygen atoms in total. The number of benzene rings is 1. The molecule has 6 heteroatoms. The normalized spacial score (nSPS) is 11.4. The first kappa shape index (κ1) is 17.3. The topological polar surface area (TPSA) is 56.1 Å². The summed E-state index contributed by atoms with van der Waals surface area (Å²) in [5, 5.41) is 7.96. The SMILES string of the molecule is COc1ccc(Cl)cc1-c1nn(C)cc1NC(=O)CC(C)(C)C. The van der Waals surface area contributed by atoms with E-state index in [2.05, 4.69) is 10.4 Å². The Labute approximate surface area is 141 Å². The Bertz CT molecular complexity index is 717. The Balaban J connectivity index is 2.38. The Kier molecular flexibility index (Phi) is 5.00. The molecule has 1 aromatic heterocycles. The Morgan fingerprint density at radius 3 is 2.70 bits per heavy atom. The summed E-state index contributed by atoms with van der Waals surface area (Å²) in [6, 6.07) is 5.32. The maximum absolute atomic E-state index is 12.2. The van der Waals surface area contributed by atoms with E-state index in [0.717, 1.165) is 5.56 Å². The molecule has 0 fully saturated rings. The zero-order valence-corrected chi connectivity index (χ0v) is 14.9. The molecule has 0 aliphatic carbocycles. The van der Waals surface area contributed by atoms with Crippen LogP contribution >= 0.6 is 11.6 Å². The summed E-state index contributed by atoms with van der Waals surface area (Å²) in [5.41, 5.74) is 1.93. The average molecular weight is 336 g/mol. The summed E-state index contributed by atoms with van der Waals surface area (Å²) < 4.78 is 7.04. The van der Waals surface area contributed by atoms with Crippen LogP contribution in [0.5, 0.6) is 5.75 Å². The van der Waals surface area contributed by atoms with Crippen LogP contribution in [0.2, 0.25) is 5.02 Å². The molecule has 0 spiro atoms. The Morgan fingerprint density at radius 2 is 2.09 bits per heavy atom. The molecule has 1 aromatic carbocycles. The number of aryl methyl sites for hydroxylation is 1. The first-order valence-electron chi connectivity index (χ1n) is 7.37. The van der Waals surface area contributed by atoms with Gasteiger partial charge in [0, 0.05) is 30.3 Å². The van der Waals surface area contributed by atoms with E-state index >= 15 is 0 Å². The molecule has 0 aliphatic heterocycles. The van der Waals surface area contributed by atoms with Crippen molar-refractivity contribution in [2.45, 2.75) is 27.2 Å². The number of hydrogen-bond donors (Lipinski definition) is 1. The van der Waals surface area contributed by atoms with Crippen LogP contribution in [0.15, 0.2) is 24.4 Å². The third kappa shape index (κ3) is 4.48. The highest BCUT2D eigenvalue weighted by atomic mass is 35.5. The van der Waals surface area contributed by atoms with E-state index in [1.165, 1.54) is 0 Å². The largest absolute Gasteiger partial charge is 0.496 e. The number of methoxy groups -OCH3 is 1. The number of amides is 1. The fourth-order valence-electron chi connectivity index (χ4n) is 2.32. The van der Waals surface area contributed by atoms with Gasteiger partial charge in [-0.15, -0.1) is 0 Å². The van der Waals surface area contributed by atoms with Crippen molar-refractivity contribution in [3.05, 3.63) is 29.4 Å². The van der Waals surface area contributed by atoms with Crippen molar-refractivity contribution >= 4 is 23.2 Å². The van der Waals surface area contributed by atoms with E-state index in [1.807, 2.05) is 20.8 Å². The molecule has 0 saturated carbocycles. The number of rotatable bonds is 4. The summed E-state index contributed by atoms with van der Waals surface area (Å²) >= 11 is 6.10. The van der Waals surface area contributed by atoms with Crippen molar-refractivity contribution in [2.75, 3.05) is 12.4 Å². The number of carbonyl (C=O) groups excluding carboxylic acids is 1. The number of carbonyl (C=O) groups is 1. The van der Waals surface area contributed by atoms with Crippen LogP contribution in [0.25, 0.3) is 11.3 Å². The minimum absolute atomic E-state index is 0.0484. The summed E-state index contributed by atoms with van der Waals surface area (Å²) in [6.07, 6.45) is 2.20. The lowest BCUT2D eigenvalue weighted by atomic mass is 9.92. The van der Waals surface area contributed by atoms with Crippen molar-refractivity contribution in [1.29, 1.82) is 0 Å². The second-order valence-electron chi connectivity index (χ2n) is 6.70. The average Bonchev–Trinajstić information content (AvgIpc) is 2.77. The van der Waals surface area contributed by atoms with Crippen molar-refractivity contribution < 1.29 is 9.53 Å². The molecule has 2 aromatic rings. The highest BCUT2D eigenvalue weighted by molar-refractivity contribution is 6.31. The van der Waals surface area contributed by atoms with Gasteiger partial charge in [0.25, 0.3) is 0 Å². The van der Waals surface area contributed by atoms with Gasteiger partial charge in [-0.25, -0.2) is 0 Å². The number of halogens is 1. The Morgan fingerprint density at radius 1 is 1.39 bits per heavy atom.